The first-order chi connectivity index (χ1) is 13.6. The molecule has 6 atom stereocenters. The van der Waals surface area contributed by atoms with E-state index >= 15 is 0 Å². The molecule has 1 N–H and O–H groups in total. The second-order valence-electron chi connectivity index (χ2n) is 8.07. The van der Waals surface area contributed by atoms with Crippen LogP contribution in [0.3, 0.4) is 0 Å². The van der Waals surface area contributed by atoms with Crippen LogP contribution in [-0.4, -0.2) is 29.5 Å². The Kier molecular flexibility index (Phi) is 3.89. The number of hydrogen-bond donors (Lipinski definition) is 1. The van der Waals surface area contributed by atoms with Crippen molar-refractivity contribution >= 4 is 17.8 Å². The number of fused-ring (bicyclic) bond motifs is 6. The second-order valence-corrected chi connectivity index (χ2v) is 8.07. The van der Waals surface area contributed by atoms with E-state index in [9.17, 15) is 14.4 Å². The third kappa shape index (κ3) is 2.66. The number of ether oxygens (including phenoxy) is 2. The maximum Gasteiger partial charge on any atom is 0.408 e. The topological polar surface area (TPSA) is 81.7 Å². The van der Waals surface area contributed by atoms with Crippen LogP contribution in [0.4, 0.5) is 4.79 Å². The Morgan fingerprint density at radius 3 is 2.79 bits per heavy atom. The molecule has 2 bridgehead atoms. The zero-order valence-electron chi connectivity index (χ0n) is 15.2. The predicted octanol–water partition coefficient (Wildman–Crippen LogP) is 2.54. The van der Waals surface area contributed by atoms with E-state index in [4.69, 9.17) is 9.47 Å². The lowest BCUT2D eigenvalue weighted by molar-refractivity contribution is -0.154. The number of amides is 1. The van der Waals surface area contributed by atoms with Gasteiger partial charge in [0.05, 0.1) is 0 Å². The fourth-order valence-electron chi connectivity index (χ4n) is 5.35. The SMILES string of the molecule is O=C(N[C@H]1C[C@@]2(C=CC(=O)[C@H]3C4C=CC(C4)[C@H]32)OC1=O)OCc1ccccc1. The van der Waals surface area contributed by atoms with Crippen LogP contribution < -0.4 is 5.32 Å². The van der Waals surface area contributed by atoms with Crippen molar-refractivity contribution in [3.8, 4) is 0 Å². The van der Waals surface area contributed by atoms with E-state index in [2.05, 4.69) is 17.5 Å². The zero-order chi connectivity index (χ0) is 19.3. The maximum absolute atomic E-state index is 12.5. The van der Waals surface area contributed by atoms with Gasteiger partial charge in [0.2, 0.25) is 0 Å². The zero-order valence-corrected chi connectivity index (χ0v) is 15.2. The molecular weight excluding hydrogens is 358 g/mol. The van der Waals surface area contributed by atoms with E-state index in [1.54, 1.807) is 12.2 Å². The molecule has 28 heavy (non-hydrogen) atoms. The van der Waals surface area contributed by atoms with E-state index in [1.165, 1.54) is 0 Å². The number of carbonyl (C=O) groups excluding carboxylic acids is 3. The van der Waals surface area contributed by atoms with E-state index in [0.717, 1.165) is 12.0 Å². The van der Waals surface area contributed by atoms with Crippen LogP contribution in [0.5, 0.6) is 0 Å². The monoisotopic (exact) mass is 379 g/mol. The standard InChI is InChI=1S/C22H21NO5/c24-17-8-9-22(19-15-7-6-14(10-15)18(17)19)11-16(20(25)28-22)23-21(26)27-12-13-4-2-1-3-5-13/h1-9,14-16,18-19H,10-12H2,(H,23,26)/t14?,15?,16-,18+,19+,22+/m0/s1. The molecule has 5 rings (SSSR count). The van der Waals surface area contributed by atoms with E-state index in [-0.39, 0.29) is 36.1 Å². The first-order valence-electron chi connectivity index (χ1n) is 9.67. The first kappa shape index (κ1) is 17.2. The molecule has 6 heteroatoms. The molecule has 2 fully saturated rings. The summed E-state index contributed by atoms with van der Waals surface area (Å²) in [5, 5.41) is 2.63. The van der Waals surface area contributed by atoms with Crippen molar-refractivity contribution in [3.63, 3.8) is 0 Å². The largest absolute Gasteiger partial charge is 0.453 e. The van der Waals surface area contributed by atoms with Gasteiger partial charge in [0.15, 0.2) is 5.78 Å². The van der Waals surface area contributed by atoms with Gasteiger partial charge in [0, 0.05) is 18.3 Å². The quantitative estimate of drug-likeness (QED) is 0.645. The molecule has 2 unspecified atom stereocenters. The van der Waals surface area contributed by atoms with E-state index < -0.39 is 23.7 Å². The van der Waals surface area contributed by atoms with Gasteiger partial charge in [-0.15, -0.1) is 0 Å². The summed E-state index contributed by atoms with van der Waals surface area (Å²) in [6.45, 7) is 0.132. The highest BCUT2D eigenvalue weighted by Gasteiger charge is 2.62. The number of benzene rings is 1. The summed E-state index contributed by atoms with van der Waals surface area (Å²) in [6.07, 6.45) is 8.16. The molecule has 1 aromatic carbocycles. The molecule has 4 aliphatic rings. The molecule has 6 nitrogen and oxygen atoms in total. The van der Waals surface area contributed by atoms with Crippen LogP contribution in [-0.2, 0) is 25.7 Å². The van der Waals surface area contributed by atoms with Crippen LogP contribution in [0.25, 0.3) is 0 Å². The van der Waals surface area contributed by atoms with Crippen molar-refractivity contribution in [2.24, 2.45) is 23.7 Å². The fourth-order valence-corrected chi connectivity index (χ4v) is 5.35. The van der Waals surface area contributed by atoms with Crippen LogP contribution in [0.1, 0.15) is 18.4 Å². The van der Waals surface area contributed by atoms with Gasteiger partial charge in [-0.05, 0) is 36.0 Å². The molecule has 0 aromatic heterocycles. The van der Waals surface area contributed by atoms with Crippen LogP contribution in [0.2, 0.25) is 0 Å². The Morgan fingerprint density at radius 1 is 1.18 bits per heavy atom. The number of allylic oxidation sites excluding steroid dienone is 3. The average molecular weight is 379 g/mol. The highest BCUT2D eigenvalue weighted by Crippen LogP contribution is 2.57. The first-order valence-corrected chi connectivity index (χ1v) is 9.67. The normalized spacial score (nSPS) is 37.2. The summed E-state index contributed by atoms with van der Waals surface area (Å²) >= 11 is 0. The summed E-state index contributed by atoms with van der Waals surface area (Å²) in [4.78, 5) is 37.1. The summed E-state index contributed by atoms with van der Waals surface area (Å²) in [5.74, 6) is -0.0672. The van der Waals surface area contributed by atoms with Crippen LogP contribution in [0.15, 0.2) is 54.6 Å². The number of rotatable bonds is 3. The van der Waals surface area contributed by atoms with Crippen molar-refractivity contribution in [2.75, 3.05) is 0 Å². The molecule has 1 heterocycles. The lowest BCUT2D eigenvalue weighted by Gasteiger charge is -2.41. The minimum Gasteiger partial charge on any atom is -0.453 e. The molecule has 1 aromatic rings. The van der Waals surface area contributed by atoms with Crippen LogP contribution in [0, 0.1) is 23.7 Å². The van der Waals surface area contributed by atoms with Crippen LogP contribution >= 0.6 is 0 Å². The van der Waals surface area contributed by atoms with Gasteiger partial charge < -0.3 is 14.8 Å². The van der Waals surface area contributed by atoms with Crippen molar-refractivity contribution in [3.05, 3.63) is 60.2 Å². The number of ketones is 1. The Labute approximate surface area is 162 Å². The van der Waals surface area contributed by atoms with Crippen molar-refractivity contribution < 1.29 is 23.9 Å². The molecule has 1 saturated heterocycles. The summed E-state index contributed by atoms with van der Waals surface area (Å²) in [6, 6.07) is 8.57. The molecule has 1 spiro atoms. The van der Waals surface area contributed by atoms with Crippen molar-refractivity contribution in [1.82, 2.24) is 5.32 Å². The lowest BCUT2D eigenvalue weighted by atomic mass is 9.66. The highest BCUT2D eigenvalue weighted by atomic mass is 16.6. The number of carbonyl (C=O) groups is 3. The number of nitrogens with one attached hydrogen (secondary N) is 1. The Balaban J connectivity index is 1.28. The van der Waals surface area contributed by atoms with E-state index in [1.807, 2.05) is 30.3 Å². The third-order valence-corrected chi connectivity index (χ3v) is 6.48. The summed E-state index contributed by atoms with van der Waals surface area (Å²) in [5.41, 5.74) is 0.0467. The van der Waals surface area contributed by atoms with Gasteiger partial charge in [-0.1, -0.05) is 42.5 Å². The average Bonchev–Trinajstić information content (AvgIpc) is 3.39. The Hall–Kier alpha value is -2.89. The van der Waals surface area contributed by atoms with Crippen molar-refractivity contribution in [1.29, 1.82) is 0 Å². The number of esters is 1. The van der Waals surface area contributed by atoms with Gasteiger partial charge in [0.25, 0.3) is 0 Å². The van der Waals surface area contributed by atoms with Gasteiger partial charge in [-0.2, -0.15) is 0 Å². The highest BCUT2D eigenvalue weighted by molar-refractivity contribution is 5.95. The smallest absolute Gasteiger partial charge is 0.408 e. The summed E-state index contributed by atoms with van der Waals surface area (Å²) < 4.78 is 11.0. The molecule has 1 saturated carbocycles. The van der Waals surface area contributed by atoms with Crippen molar-refractivity contribution in [2.45, 2.75) is 31.1 Å². The van der Waals surface area contributed by atoms with Gasteiger partial charge in [-0.3, -0.25) is 4.79 Å². The van der Waals surface area contributed by atoms with Gasteiger partial charge >= 0.3 is 12.1 Å². The second kappa shape index (κ2) is 6.33. The molecular formula is C22H21NO5. The Morgan fingerprint density at radius 2 is 1.96 bits per heavy atom. The predicted molar refractivity (Wildman–Crippen MR) is 98.9 cm³/mol. The minimum absolute atomic E-state index is 0.0453. The lowest BCUT2D eigenvalue weighted by Crippen LogP contribution is -2.48. The van der Waals surface area contributed by atoms with Gasteiger partial charge in [0.1, 0.15) is 18.2 Å². The molecule has 3 aliphatic carbocycles. The fraction of sp³-hybridized carbons (Fsp3) is 0.409. The van der Waals surface area contributed by atoms with Gasteiger partial charge in [-0.25, -0.2) is 9.59 Å². The molecule has 1 aliphatic heterocycles. The molecule has 144 valence electrons. The number of alkyl carbamates (subject to hydrolysis) is 1. The third-order valence-electron chi connectivity index (χ3n) is 6.48. The number of hydrogen-bond acceptors (Lipinski definition) is 5. The summed E-state index contributed by atoms with van der Waals surface area (Å²) in [7, 11) is 0. The molecule has 0 radical (unpaired) electrons. The minimum atomic E-state index is -0.822. The Bertz CT molecular complexity index is 891. The van der Waals surface area contributed by atoms with E-state index in [0.29, 0.717) is 6.42 Å². The maximum atomic E-state index is 12.5. The molecule has 1 amide bonds.